The highest BCUT2D eigenvalue weighted by Crippen LogP contribution is 2.31. The zero-order valence-electron chi connectivity index (χ0n) is 11.1. The highest BCUT2D eigenvalue weighted by atomic mass is 35.5. The first kappa shape index (κ1) is 13.7. The van der Waals surface area contributed by atoms with Crippen molar-refractivity contribution in [1.82, 2.24) is 0 Å². The van der Waals surface area contributed by atoms with E-state index in [1.807, 2.05) is 50.2 Å². The molecule has 0 N–H and O–H groups in total. The average Bonchev–Trinajstić information content (AvgIpc) is 2.42. The number of rotatable bonds is 4. The van der Waals surface area contributed by atoms with Crippen LogP contribution in [0.1, 0.15) is 20.3 Å². The van der Waals surface area contributed by atoms with Gasteiger partial charge in [0.2, 0.25) is 0 Å². The summed E-state index contributed by atoms with van der Waals surface area (Å²) >= 11 is 6.16. The van der Waals surface area contributed by atoms with Gasteiger partial charge in [-0.1, -0.05) is 35.9 Å². The fraction of sp³-hybridized carbons (Fsp3) is 0.312. The molecule has 0 unspecified atom stereocenters. The molecule has 0 bridgehead atoms. The summed E-state index contributed by atoms with van der Waals surface area (Å²) in [7, 11) is 0. The quantitative estimate of drug-likeness (QED) is 0.801. The van der Waals surface area contributed by atoms with Gasteiger partial charge in [-0.2, -0.15) is 5.26 Å². The Morgan fingerprint density at radius 3 is 2.53 bits per heavy atom. The molecule has 98 valence electrons. The van der Waals surface area contributed by atoms with E-state index in [1.54, 1.807) is 0 Å². The molecule has 0 saturated heterocycles. The van der Waals surface area contributed by atoms with Crippen LogP contribution in [0.4, 0.5) is 0 Å². The van der Waals surface area contributed by atoms with Crippen molar-refractivity contribution in [2.75, 3.05) is 6.61 Å². The van der Waals surface area contributed by atoms with Gasteiger partial charge in [-0.25, -0.2) is 0 Å². The van der Waals surface area contributed by atoms with E-state index in [1.165, 1.54) is 0 Å². The highest BCUT2D eigenvalue weighted by molar-refractivity contribution is 6.35. The van der Waals surface area contributed by atoms with Gasteiger partial charge in [0.15, 0.2) is 0 Å². The minimum Gasteiger partial charge on any atom is -0.493 e. The highest BCUT2D eigenvalue weighted by Gasteiger charge is 2.16. The van der Waals surface area contributed by atoms with E-state index in [0.717, 1.165) is 21.5 Å². The van der Waals surface area contributed by atoms with Gasteiger partial charge in [-0.3, -0.25) is 0 Å². The summed E-state index contributed by atoms with van der Waals surface area (Å²) in [5, 5.41) is 11.7. The van der Waals surface area contributed by atoms with E-state index in [4.69, 9.17) is 21.6 Å². The lowest BCUT2D eigenvalue weighted by molar-refractivity contribution is 0.267. The van der Waals surface area contributed by atoms with Crippen LogP contribution >= 0.6 is 11.6 Å². The minimum absolute atomic E-state index is 0.359. The van der Waals surface area contributed by atoms with E-state index in [-0.39, 0.29) is 5.41 Å². The van der Waals surface area contributed by atoms with Crippen LogP contribution in [0.3, 0.4) is 0 Å². The standard InChI is InChI=1S/C16H16ClNO/c1-16(2,11-18)9-10-19-15-8-7-14(17)12-5-3-4-6-13(12)15/h3-8H,9-10H2,1-2H3. The van der Waals surface area contributed by atoms with Crippen LogP contribution in [0.5, 0.6) is 5.75 Å². The lowest BCUT2D eigenvalue weighted by Crippen LogP contribution is -2.13. The predicted octanol–water partition coefficient (Wildman–Crippen LogP) is 4.81. The predicted molar refractivity (Wildman–Crippen MR) is 78.5 cm³/mol. The Labute approximate surface area is 118 Å². The molecule has 0 aromatic heterocycles. The Kier molecular flexibility index (Phi) is 3.97. The first-order valence-electron chi connectivity index (χ1n) is 6.25. The topological polar surface area (TPSA) is 33.0 Å². The molecule has 0 aliphatic rings. The van der Waals surface area contributed by atoms with Crippen molar-refractivity contribution in [3.63, 3.8) is 0 Å². The molecule has 19 heavy (non-hydrogen) atoms. The summed E-state index contributed by atoms with van der Waals surface area (Å²) in [6, 6.07) is 13.9. The summed E-state index contributed by atoms with van der Waals surface area (Å²) < 4.78 is 5.80. The largest absolute Gasteiger partial charge is 0.493 e. The molecule has 2 aromatic rings. The van der Waals surface area contributed by atoms with Gasteiger partial charge in [0.05, 0.1) is 18.1 Å². The van der Waals surface area contributed by atoms with Crippen LogP contribution in [-0.2, 0) is 0 Å². The number of fused-ring (bicyclic) bond motifs is 1. The Bertz CT molecular complexity index is 628. The first-order chi connectivity index (χ1) is 9.03. The molecule has 3 heteroatoms. The van der Waals surface area contributed by atoms with Crippen LogP contribution in [-0.4, -0.2) is 6.61 Å². The third kappa shape index (κ3) is 3.19. The lowest BCUT2D eigenvalue weighted by Gasteiger charge is -2.16. The fourth-order valence-corrected chi connectivity index (χ4v) is 2.06. The number of halogens is 1. The van der Waals surface area contributed by atoms with Crippen LogP contribution < -0.4 is 4.74 Å². The maximum atomic E-state index is 8.98. The number of hydrogen-bond acceptors (Lipinski definition) is 2. The Morgan fingerprint density at radius 2 is 1.84 bits per heavy atom. The summed E-state index contributed by atoms with van der Waals surface area (Å²) in [6.07, 6.45) is 0.695. The van der Waals surface area contributed by atoms with Gasteiger partial charge in [0.1, 0.15) is 5.75 Å². The molecule has 2 rings (SSSR count). The van der Waals surface area contributed by atoms with Gasteiger partial charge >= 0.3 is 0 Å². The first-order valence-corrected chi connectivity index (χ1v) is 6.62. The molecule has 0 fully saturated rings. The van der Waals surface area contributed by atoms with Gasteiger partial charge in [0.25, 0.3) is 0 Å². The monoisotopic (exact) mass is 273 g/mol. The summed E-state index contributed by atoms with van der Waals surface area (Å²) in [4.78, 5) is 0. The van der Waals surface area contributed by atoms with E-state index < -0.39 is 0 Å². The number of hydrogen-bond donors (Lipinski definition) is 0. The smallest absolute Gasteiger partial charge is 0.127 e. The third-order valence-electron chi connectivity index (χ3n) is 3.12. The van der Waals surface area contributed by atoms with Gasteiger partial charge < -0.3 is 4.74 Å². The second kappa shape index (κ2) is 5.50. The average molecular weight is 274 g/mol. The van der Waals surface area contributed by atoms with E-state index in [9.17, 15) is 0 Å². The van der Waals surface area contributed by atoms with Gasteiger partial charge in [-0.05, 0) is 32.4 Å². The number of nitriles is 1. The summed E-state index contributed by atoms with van der Waals surface area (Å²) in [5.74, 6) is 0.814. The molecule has 0 spiro atoms. The van der Waals surface area contributed by atoms with Crippen molar-refractivity contribution in [2.45, 2.75) is 20.3 Å². The van der Waals surface area contributed by atoms with E-state index in [2.05, 4.69) is 6.07 Å². The molecule has 0 saturated carbocycles. The molecule has 0 amide bonds. The number of ether oxygens (including phenoxy) is 1. The molecule has 0 aliphatic heterocycles. The van der Waals surface area contributed by atoms with Gasteiger partial charge in [-0.15, -0.1) is 0 Å². The fourth-order valence-electron chi connectivity index (χ4n) is 1.83. The minimum atomic E-state index is -0.359. The number of nitrogens with zero attached hydrogens (tertiary/aromatic N) is 1. The third-order valence-corrected chi connectivity index (χ3v) is 3.45. The van der Waals surface area contributed by atoms with Crippen molar-refractivity contribution < 1.29 is 4.74 Å². The normalized spacial score (nSPS) is 11.3. The summed E-state index contributed by atoms with van der Waals surface area (Å²) in [5.41, 5.74) is -0.359. The van der Waals surface area contributed by atoms with Crippen LogP contribution in [0.2, 0.25) is 5.02 Å². The number of benzene rings is 2. The van der Waals surface area contributed by atoms with Crippen molar-refractivity contribution in [1.29, 1.82) is 5.26 Å². The zero-order chi connectivity index (χ0) is 13.9. The second-order valence-corrected chi connectivity index (χ2v) is 5.59. The maximum absolute atomic E-state index is 8.98. The van der Waals surface area contributed by atoms with Crippen LogP contribution in [0, 0.1) is 16.7 Å². The lowest BCUT2D eigenvalue weighted by atomic mass is 9.92. The van der Waals surface area contributed by atoms with Crippen LogP contribution in [0.15, 0.2) is 36.4 Å². The Hall–Kier alpha value is -1.72. The molecular weight excluding hydrogens is 258 g/mol. The molecule has 0 heterocycles. The van der Waals surface area contributed by atoms with Gasteiger partial charge in [0, 0.05) is 15.8 Å². The zero-order valence-corrected chi connectivity index (χ0v) is 11.9. The summed E-state index contributed by atoms with van der Waals surface area (Å²) in [6.45, 7) is 4.35. The Balaban J connectivity index is 2.18. The molecule has 0 radical (unpaired) electrons. The molecule has 0 atom stereocenters. The molecular formula is C16H16ClNO. The van der Waals surface area contributed by atoms with Crippen LogP contribution in [0.25, 0.3) is 10.8 Å². The van der Waals surface area contributed by atoms with Crippen molar-refractivity contribution >= 4 is 22.4 Å². The molecule has 2 aromatic carbocycles. The molecule has 2 nitrogen and oxygen atoms in total. The van der Waals surface area contributed by atoms with E-state index >= 15 is 0 Å². The molecule has 0 aliphatic carbocycles. The van der Waals surface area contributed by atoms with Crippen molar-refractivity contribution in [3.05, 3.63) is 41.4 Å². The Morgan fingerprint density at radius 1 is 1.16 bits per heavy atom. The van der Waals surface area contributed by atoms with E-state index in [0.29, 0.717) is 13.0 Å². The van der Waals surface area contributed by atoms with Crippen molar-refractivity contribution in [3.8, 4) is 11.8 Å². The van der Waals surface area contributed by atoms with Crippen molar-refractivity contribution in [2.24, 2.45) is 5.41 Å². The second-order valence-electron chi connectivity index (χ2n) is 5.19. The SMILES string of the molecule is CC(C)(C#N)CCOc1ccc(Cl)c2ccccc12. The maximum Gasteiger partial charge on any atom is 0.127 e.